The maximum Gasteiger partial charge on any atom is 0.259 e. The van der Waals surface area contributed by atoms with Gasteiger partial charge in [-0.25, -0.2) is 0 Å². The molecule has 0 unspecified atom stereocenters. The number of nitrogens with zero attached hydrogens (tertiary/aromatic N) is 2. The third-order valence-electron chi connectivity index (χ3n) is 3.95. The quantitative estimate of drug-likeness (QED) is 0.660. The summed E-state index contributed by atoms with van der Waals surface area (Å²) in [5.41, 5.74) is 3.15. The van der Waals surface area contributed by atoms with E-state index in [2.05, 4.69) is 15.5 Å². The number of aryl methyl sites for hydroxylation is 1. The molecule has 0 radical (unpaired) electrons. The van der Waals surface area contributed by atoms with E-state index in [9.17, 15) is 4.79 Å². The molecule has 0 fully saturated rings. The standard InChI is InChI=1S/C20H21N3O3/c1-14-8-10-15(11-9-14)18-22-20(26-23-18)17-7-4-3-6-16(17)19(24)21-12-5-13-25-2/h3-4,6-11H,5,12-13H2,1-2H3,(H,21,24). The number of hydrogen-bond acceptors (Lipinski definition) is 5. The van der Waals surface area contributed by atoms with Crippen molar-refractivity contribution in [3.05, 3.63) is 59.7 Å². The third kappa shape index (κ3) is 4.15. The maximum absolute atomic E-state index is 12.5. The van der Waals surface area contributed by atoms with Gasteiger partial charge in [0.25, 0.3) is 11.8 Å². The van der Waals surface area contributed by atoms with E-state index in [-0.39, 0.29) is 5.91 Å². The fourth-order valence-corrected chi connectivity index (χ4v) is 2.53. The highest BCUT2D eigenvalue weighted by Gasteiger charge is 2.17. The zero-order valence-corrected chi connectivity index (χ0v) is 14.9. The summed E-state index contributed by atoms with van der Waals surface area (Å²) in [5, 5.41) is 6.92. The van der Waals surface area contributed by atoms with Crippen molar-refractivity contribution in [2.24, 2.45) is 0 Å². The normalized spacial score (nSPS) is 10.7. The van der Waals surface area contributed by atoms with E-state index >= 15 is 0 Å². The molecule has 0 aliphatic heterocycles. The molecule has 0 atom stereocenters. The van der Waals surface area contributed by atoms with E-state index in [0.29, 0.717) is 36.0 Å². The summed E-state index contributed by atoms with van der Waals surface area (Å²) in [6.07, 6.45) is 0.753. The van der Waals surface area contributed by atoms with Crippen molar-refractivity contribution in [2.75, 3.05) is 20.3 Å². The molecule has 1 heterocycles. The van der Waals surface area contributed by atoms with Gasteiger partial charge in [0, 0.05) is 25.8 Å². The van der Waals surface area contributed by atoms with Crippen molar-refractivity contribution in [2.45, 2.75) is 13.3 Å². The van der Waals surface area contributed by atoms with Gasteiger partial charge in [0.15, 0.2) is 0 Å². The average molecular weight is 351 g/mol. The Bertz CT molecular complexity index is 872. The number of ether oxygens (including phenoxy) is 1. The summed E-state index contributed by atoms with van der Waals surface area (Å²) in [7, 11) is 1.64. The van der Waals surface area contributed by atoms with Crippen LogP contribution in [0.1, 0.15) is 22.3 Å². The fourth-order valence-electron chi connectivity index (χ4n) is 2.53. The van der Waals surface area contributed by atoms with Crippen LogP contribution in [0.15, 0.2) is 53.1 Å². The van der Waals surface area contributed by atoms with E-state index in [1.54, 1.807) is 19.2 Å². The van der Waals surface area contributed by atoms with Gasteiger partial charge in [0.1, 0.15) is 0 Å². The van der Waals surface area contributed by atoms with Crippen molar-refractivity contribution in [3.8, 4) is 22.8 Å². The minimum Gasteiger partial charge on any atom is -0.385 e. The van der Waals surface area contributed by atoms with E-state index in [0.717, 1.165) is 17.5 Å². The van der Waals surface area contributed by atoms with Crippen molar-refractivity contribution < 1.29 is 14.1 Å². The van der Waals surface area contributed by atoms with Crippen LogP contribution in [-0.2, 0) is 4.74 Å². The van der Waals surface area contributed by atoms with Crippen LogP contribution in [0.25, 0.3) is 22.8 Å². The molecule has 0 saturated carbocycles. The lowest BCUT2D eigenvalue weighted by atomic mass is 10.1. The van der Waals surface area contributed by atoms with Gasteiger partial charge >= 0.3 is 0 Å². The van der Waals surface area contributed by atoms with Crippen molar-refractivity contribution in [1.82, 2.24) is 15.5 Å². The molecule has 134 valence electrons. The molecule has 1 aromatic heterocycles. The molecule has 0 aliphatic carbocycles. The summed E-state index contributed by atoms with van der Waals surface area (Å²) in [4.78, 5) is 16.9. The fraction of sp³-hybridized carbons (Fsp3) is 0.250. The number of amides is 1. The monoisotopic (exact) mass is 351 g/mol. The molecule has 6 nitrogen and oxygen atoms in total. The van der Waals surface area contributed by atoms with Crippen LogP contribution in [0, 0.1) is 6.92 Å². The molecule has 1 N–H and O–H groups in total. The molecular formula is C20H21N3O3. The summed E-state index contributed by atoms with van der Waals surface area (Å²) < 4.78 is 10.4. The Kier molecular flexibility index (Phi) is 5.76. The van der Waals surface area contributed by atoms with Gasteiger partial charge in [-0.05, 0) is 25.5 Å². The van der Waals surface area contributed by atoms with E-state index in [1.165, 1.54) is 0 Å². The molecule has 6 heteroatoms. The lowest BCUT2D eigenvalue weighted by Gasteiger charge is -2.07. The van der Waals surface area contributed by atoms with Gasteiger partial charge in [-0.1, -0.05) is 47.1 Å². The van der Waals surface area contributed by atoms with Crippen LogP contribution in [0.4, 0.5) is 0 Å². The first-order chi connectivity index (χ1) is 12.7. The highest BCUT2D eigenvalue weighted by molar-refractivity contribution is 6.00. The molecule has 2 aromatic carbocycles. The largest absolute Gasteiger partial charge is 0.385 e. The number of carbonyl (C=O) groups is 1. The second-order valence-corrected chi connectivity index (χ2v) is 5.94. The number of carbonyl (C=O) groups excluding carboxylic acids is 1. The predicted octanol–water partition coefficient (Wildman–Crippen LogP) is 3.48. The molecule has 0 spiro atoms. The molecular weight excluding hydrogens is 330 g/mol. The zero-order chi connectivity index (χ0) is 18.4. The zero-order valence-electron chi connectivity index (χ0n) is 14.9. The minimum atomic E-state index is -0.174. The number of methoxy groups -OCH3 is 1. The lowest BCUT2D eigenvalue weighted by Crippen LogP contribution is -2.25. The van der Waals surface area contributed by atoms with Gasteiger partial charge in [0.2, 0.25) is 5.82 Å². The van der Waals surface area contributed by atoms with Crippen molar-refractivity contribution in [1.29, 1.82) is 0 Å². The maximum atomic E-state index is 12.5. The predicted molar refractivity (Wildman–Crippen MR) is 98.7 cm³/mol. The summed E-state index contributed by atoms with van der Waals surface area (Å²) >= 11 is 0. The number of nitrogens with one attached hydrogen (secondary N) is 1. The summed E-state index contributed by atoms with van der Waals surface area (Å²) in [6, 6.07) is 15.1. The van der Waals surface area contributed by atoms with E-state index in [4.69, 9.17) is 9.26 Å². The first kappa shape index (κ1) is 17.8. The van der Waals surface area contributed by atoms with E-state index < -0.39 is 0 Å². The smallest absolute Gasteiger partial charge is 0.259 e. The van der Waals surface area contributed by atoms with Gasteiger partial charge in [-0.3, -0.25) is 4.79 Å². The Labute approximate surface area is 152 Å². The van der Waals surface area contributed by atoms with Gasteiger partial charge < -0.3 is 14.6 Å². The van der Waals surface area contributed by atoms with E-state index in [1.807, 2.05) is 43.3 Å². The summed E-state index contributed by atoms with van der Waals surface area (Å²) in [6.45, 7) is 3.16. The minimum absolute atomic E-state index is 0.174. The number of hydrogen-bond donors (Lipinski definition) is 1. The second-order valence-electron chi connectivity index (χ2n) is 5.94. The van der Waals surface area contributed by atoms with Crippen LogP contribution in [0.3, 0.4) is 0 Å². The van der Waals surface area contributed by atoms with Crippen LogP contribution < -0.4 is 5.32 Å². The highest BCUT2D eigenvalue weighted by Crippen LogP contribution is 2.25. The molecule has 0 saturated heterocycles. The van der Waals surface area contributed by atoms with Crippen LogP contribution in [-0.4, -0.2) is 36.3 Å². The highest BCUT2D eigenvalue weighted by atomic mass is 16.5. The lowest BCUT2D eigenvalue weighted by molar-refractivity contribution is 0.0949. The Morgan fingerprint density at radius 1 is 1.15 bits per heavy atom. The molecule has 3 aromatic rings. The first-order valence-corrected chi connectivity index (χ1v) is 8.46. The van der Waals surface area contributed by atoms with Gasteiger partial charge in [-0.2, -0.15) is 4.98 Å². The van der Waals surface area contributed by atoms with Crippen molar-refractivity contribution >= 4 is 5.91 Å². The molecule has 26 heavy (non-hydrogen) atoms. The number of benzene rings is 2. The van der Waals surface area contributed by atoms with Gasteiger partial charge in [-0.15, -0.1) is 0 Å². The van der Waals surface area contributed by atoms with Gasteiger partial charge in [0.05, 0.1) is 11.1 Å². The Morgan fingerprint density at radius 3 is 2.69 bits per heavy atom. The third-order valence-corrected chi connectivity index (χ3v) is 3.95. The van der Waals surface area contributed by atoms with Crippen LogP contribution >= 0.6 is 0 Å². The van der Waals surface area contributed by atoms with Crippen LogP contribution in [0.5, 0.6) is 0 Å². The van der Waals surface area contributed by atoms with Crippen LogP contribution in [0.2, 0.25) is 0 Å². The number of aromatic nitrogens is 2. The summed E-state index contributed by atoms with van der Waals surface area (Å²) in [5.74, 6) is 0.644. The Balaban J connectivity index is 1.82. The number of rotatable bonds is 7. The SMILES string of the molecule is COCCCNC(=O)c1ccccc1-c1nc(-c2ccc(C)cc2)no1. The average Bonchev–Trinajstić information content (AvgIpc) is 3.16. The first-order valence-electron chi connectivity index (χ1n) is 8.46. The molecule has 1 amide bonds. The second kappa shape index (κ2) is 8.40. The molecule has 3 rings (SSSR count). The Hall–Kier alpha value is -2.99. The molecule has 0 aliphatic rings. The Morgan fingerprint density at radius 2 is 1.92 bits per heavy atom. The molecule has 0 bridgehead atoms. The van der Waals surface area contributed by atoms with Crippen molar-refractivity contribution in [3.63, 3.8) is 0 Å². The topological polar surface area (TPSA) is 77.2 Å².